The van der Waals surface area contributed by atoms with E-state index in [1.807, 2.05) is 11.7 Å². The summed E-state index contributed by atoms with van der Waals surface area (Å²) in [4.78, 5) is 0. The average Bonchev–Trinajstić information content (AvgIpc) is 2.62. The quantitative estimate of drug-likeness (QED) is 0.505. The van der Waals surface area contributed by atoms with Crippen LogP contribution >= 0.6 is 0 Å². The number of aryl methyl sites for hydroxylation is 2. The summed E-state index contributed by atoms with van der Waals surface area (Å²) in [6.07, 6.45) is 11.0. The van der Waals surface area contributed by atoms with Crippen molar-refractivity contribution < 1.29 is 0 Å². The summed E-state index contributed by atoms with van der Waals surface area (Å²) in [7, 11) is 2.01. The first-order valence-electron chi connectivity index (χ1n) is 7.77. The molecule has 0 spiro atoms. The Balaban J connectivity index is 2.15. The van der Waals surface area contributed by atoms with Gasteiger partial charge >= 0.3 is 0 Å². The molecule has 4 heteroatoms. The van der Waals surface area contributed by atoms with Gasteiger partial charge in [0, 0.05) is 18.8 Å². The van der Waals surface area contributed by atoms with Gasteiger partial charge in [0.15, 0.2) is 0 Å². The van der Waals surface area contributed by atoms with Gasteiger partial charge in [-0.15, -0.1) is 0 Å². The van der Waals surface area contributed by atoms with E-state index in [1.165, 1.54) is 55.4 Å². The van der Waals surface area contributed by atoms with Gasteiger partial charge in [0.25, 0.3) is 0 Å². The van der Waals surface area contributed by atoms with E-state index >= 15 is 0 Å². The molecule has 0 bridgehead atoms. The summed E-state index contributed by atoms with van der Waals surface area (Å²) in [5.74, 6) is 5.83. The maximum atomic E-state index is 5.83. The summed E-state index contributed by atoms with van der Waals surface area (Å²) >= 11 is 0. The fourth-order valence-electron chi connectivity index (χ4n) is 3.15. The summed E-state index contributed by atoms with van der Waals surface area (Å²) < 4.78 is 1.96. The van der Waals surface area contributed by atoms with Crippen LogP contribution in [0, 0.1) is 13.8 Å². The fourth-order valence-corrected chi connectivity index (χ4v) is 3.15. The van der Waals surface area contributed by atoms with E-state index in [-0.39, 0.29) is 6.04 Å². The minimum atomic E-state index is 0.245. The molecule has 0 aliphatic heterocycles. The SMILES string of the molecule is Cc1nn(C)c(C)c1CC(NN)C1=CCCCCCC1. The number of rotatable bonds is 4. The molecule has 1 aromatic rings. The Morgan fingerprint density at radius 3 is 2.70 bits per heavy atom. The highest BCUT2D eigenvalue weighted by Crippen LogP contribution is 2.23. The lowest BCUT2D eigenvalue weighted by atomic mass is 9.91. The highest BCUT2D eigenvalue weighted by molar-refractivity contribution is 5.28. The number of nitrogens with two attached hydrogens (primary N) is 1. The van der Waals surface area contributed by atoms with Gasteiger partial charge in [0.2, 0.25) is 0 Å². The first-order chi connectivity index (χ1) is 9.63. The molecule has 1 unspecified atom stereocenters. The second-order valence-electron chi connectivity index (χ2n) is 5.93. The maximum Gasteiger partial charge on any atom is 0.0629 e. The van der Waals surface area contributed by atoms with Crippen molar-refractivity contribution in [1.82, 2.24) is 15.2 Å². The monoisotopic (exact) mass is 276 g/mol. The number of nitrogens with zero attached hydrogens (tertiary/aromatic N) is 2. The Morgan fingerprint density at radius 2 is 2.05 bits per heavy atom. The van der Waals surface area contributed by atoms with Crippen LogP contribution in [0.2, 0.25) is 0 Å². The highest BCUT2D eigenvalue weighted by atomic mass is 15.3. The van der Waals surface area contributed by atoms with Crippen molar-refractivity contribution in [2.75, 3.05) is 0 Å². The van der Waals surface area contributed by atoms with Crippen molar-refractivity contribution in [2.24, 2.45) is 12.9 Å². The van der Waals surface area contributed by atoms with E-state index in [9.17, 15) is 0 Å². The normalized spacial score (nSPS) is 18.3. The highest BCUT2D eigenvalue weighted by Gasteiger charge is 2.18. The van der Waals surface area contributed by atoms with Gasteiger partial charge in [0.1, 0.15) is 0 Å². The van der Waals surface area contributed by atoms with Crippen LogP contribution in [0.25, 0.3) is 0 Å². The molecule has 1 aromatic heterocycles. The van der Waals surface area contributed by atoms with Gasteiger partial charge in [-0.1, -0.05) is 24.5 Å². The van der Waals surface area contributed by atoms with E-state index in [4.69, 9.17) is 5.84 Å². The molecule has 0 aromatic carbocycles. The first kappa shape index (κ1) is 15.3. The minimum Gasteiger partial charge on any atom is -0.272 e. The standard InChI is InChI=1S/C16H28N4/c1-12-15(13(2)20(3)19-12)11-16(18-17)14-9-7-5-4-6-8-10-14/h9,16,18H,4-8,10-11,17H2,1-3H3. The molecule has 3 N–H and O–H groups in total. The Kier molecular flexibility index (Phi) is 5.38. The van der Waals surface area contributed by atoms with Crippen molar-refractivity contribution in [2.45, 2.75) is 64.8 Å². The zero-order valence-electron chi connectivity index (χ0n) is 13.1. The molecule has 112 valence electrons. The molecule has 4 nitrogen and oxygen atoms in total. The number of hydrazine groups is 1. The topological polar surface area (TPSA) is 55.9 Å². The fraction of sp³-hybridized carbons (Fsp3) is 0.688. The number of allylic oxidation sites excluding steroid dienone is 1. The van der Waals surface area contributed by atoms with E-state index in [1.54, 1.807) is 0 Å². The number of hydrogen-bond acceptors (Lipinski definition) is 3. The molecule has 20 heavy (non-hydrogen) atoms. The third kappa shape index (κ3) is 3.49. The van der Waals surface area contributed by atoms with E-state index < -0.39 is 0 Å². The van der Waals surface area contributed by atoms with Gasteiger partial charge in [-0.25, -0.2) is 0 Å². The van der Waals surface area contributed by atoms with E-state index in [0.717, 1.165) is 12.1 Å². The molecule has 0 saturated carbocycles. The Labute approximate surface area is 122 Å². The molecule has 2 rings (SSSR count). The second-order valence-corrected chi connectivity index (χ2v) is 5.93. The predicted octanol–water partition coefficient (Wildman–Crippen LogP) is 2.69. The van der Waals surface area contributed by atoms with Gasteiger partial charge < -0.3 is 0 Å². The maximum absolute atomic E-state index is 5.83. The smallest absolute Gasteiger partial charge is 0.0629 e. The van der Waals surface area contributed by atoms with Crippen LogP contribution in [0.1, 0.15) is 55.5 Å². The van der Waals surface area contributed by atoms with Crippen LogP contribution in [0.4, 0.5) is 0 Å². The summed E-state index contributed by atoms with van der Waals surface area (Å²) in [5, 5.41) is 4.51. The molecule has 0 radical (unpaired) electrons. The zero-order valence-corrected chi connectivity index (χ0v) is 13.1. The minimum absolute atomic E-state index is 0.245. The Bertz CT molecular complexity index is 473. The van der Waals surface area contributed by atoms with Crippen molar-refractivity contribution in [3.63, 3.8) is 0 Å². The summed E-state index contributed by atoms with van der Waals surface area (Å²) in [6, 6.07) is 0.245. The largest absolute Gasteiger partial charge is 0.272 e. The lowest BCUT2D eigenvalue weighted by molar-refractivity contribution is 0.535. The lowest BCUT2D eigenvalue weighted by Crippen LogP contribution is -2.38. The van der Waals surface area contributed by atoms with Crippen molar-refractivity contribution in [1.29, 1.82) is 0 Å². The molecule has 0 fully saturated rings. The number of nitrogens with one attached hydrogen (secondary N) is 1. The Hall–Kier alpha value is -1.13. The molecular formula is C16H28N4. The molecule has 0 amide bonds. The van der Waals surface area contributed by atoms with Gasteiger partial charge in [-0.2, -0.15) is 5.10 Å². The third-order valence-electron chi connectivity index (χ3n) is 4.54. The average molecular weight is 276 g/mol. The first-order valence-corrected chi connectivity index (χ1v) is 7.77. The molecule has 0 saturated heterocycles. The van der Waals surface area contributed by atoms with E-state index in [0.29, 0.717) is 0 Å². The molecule has 1 heterocycles. The van der Waals surface area contributed by atoms with Crippen LogP contribution in [0.15, 0.2) is 11.6 Å². The van der Waals surface area contributed by atoms with Crippen LogP contribution in [0.5, 0.6) is 0 Å². The van der Waals surface area contributed by atoms with Gasteiger partial charge in [0.05, 0.1) is 5.69 Å². The van der Waals surface area contributed by atoms with Crippen molar-refractivity contribution >= 4 is 0 Å². The lowest BCUT2D eigenvalue weighted by Gasteiger charge is -2.22. The molecule has 1 aliphatic carbocycles. The van der Waals surface area contributed by atoms with Crippen LogP contribution in [-0.2, 0) is 13.5 Å². The summed E-state index contributed by atoms with van der Waals surface area (Å²) in [6.45, 7) is 4.22. The zero-order chi connectivity index (χ0) is 14.5. The molecule has 1 atom stereocenters. The van der Waals surface area contributed by atoms with E-state index in [2.05, 4.69) is 30.4 Å². The molecular weight excluding hydrogens is 248 g/mol. The van der Waals surface area contributed by atoms with Crippen LogP contribution in [0.3, 0.4) is 0 Å². The predicted molar refractivity (Wildman–Crippen MR) is 83.3 cm³/mol. The third-order valence-corrected chi connectivity index (χ3v) is 4.54. The summed E-state index contributed by atoms with van der Waals surface area (Å²) in [5.41, 5.74) is 8.21. The number of hydrogen-bond donors (Lipinski definition) is 2. The Morgan fingerprint density at radius 1 is 1.30 bits per heavy atom. The van der Waals surface area contributed by atoms with Crippen molar-refractivity contribution in [3.05, 3.63) is 28.6 Å². The number of aromatic nitrogens is 2. The van der Waals surface area contributed by atoms with Gasteiger partial charge in [-0.3, -0.25) is 16.0 Å². The molecule has 1 aliphatic rings. The van der Waals surface area contributed by atoms with Gasteiger partial charge in [-0.05, 0) is 51.5 Å². The second kappa shape index (κ2) is 7.04. The van der Waals surface area contributed by atoms with Crippen LogP contribution in [-0.4, -0.2) is 15.8 Å². The van der Waals surface area contributed by atoms with Crippen molar-refractivity contribution in [3.8, 4) is 0 Å². The van der Waals surface area contributed by atoms with Crippen LogP contribution < -0.4 is 11.3 Å².